The van der Waals surface area contributed by atoms with Crippen molar-refractivity contribution in [3.63, 3.8) is 0 Å². The molecule has 0 bridgehead atoms. The number of hydrogen-bond donors (Lipinski definition) is 0. The molecule has 1 amide bonds. The molecule has 1 saturated heterocycles. The monoisotopic (exact) mass is 479 g/mol. The fraction of sp³-hybridized carbons (Fsp3) is 0.259. The van der Waals surface area contributed by atoms with Gasteiger partial charge in [0, 0.05) is 10.7 Å². The number of β-lactam (4-membered cyclic amide) rings is 1. The highest BCUT2D eigenvalue weighted by Crippen LogP contribution is 2.42. The average molecular weight is 480 g/mol. The summed E-state index contributed by atoms with van der Waals surface area (Å²) in [4.78, 5) is 27.0. The van der Waals surface area contributed by atoms with Crippen LogP contribution in [0.1, 0.15) is 41.4 Å². The third-order valence-electron chi connectivity index (χ3n) is 5.63. The first-order valence-electron chi connectivity index (χ1n) is 11.2. The fourth-order valence-electron chi connectivity index (χ4n) is 3.97. The predicted molar refractivity (Wildman–Crippen MR) is 131 cm³/mol. The number of nitrogens with zero attached hydrogens (tertiary/aromatic N) is 1. The van der Waals surface area contributed by atoms with E-state index in [9.17, 15) is 9.59 Å². The maximum Gasteiger partial charge on any atom is 0.338 e. The molecule has 6 nitrogen and oxygen atoms in total. The molecule has 0 N–H and O–H groups in total. The van der Waals surface area contributed by atoms with Gasteiger partial charge in [0.15, 0.2) is 0 Å². The van der Waals surface area contributed by atoms with Gasteiger partial charge in [-0.25, -0.2) is 4.79 Å². The molecule has 1 aliphatic heterocycles. The lowest BCUT2D eigenvalue weighted by molar-refractivity contribution is -0.135. The van der Waals surface area contributed by atoms with E-state index in [1.54, 1.807) is 54.3 Å². The van der Waals surface area contributed by atoms with Gasteiger partial charge in [0.05, 0.1) is 18.8 Å². The first-order valence-corrected chi connectivity index (χ1v) is 11.6. The molecule has 7 heteroatoms. The summed E-state index contributed by atoms with van der Waals surface area (Å²) in [6.45, 7) is 6.45. The van der Waals surface area contributed by atoms with Crippen LogP contribution >= 0.6 is 11.6 Å². The van der Waals surface area contributed by atoms with E-state index in [-0.39, 0.29) is 11.9 Å². The molecule has 0 unspecified atom stereocenters. The number of amides is 1. The van der Waals surface area contributed by atoms with E-state index < -0.39 is 12.1 Å². The van der Waals surface area contributed by atoms with Crippen molar-refractivity contribution in [3.8, 4) is 11.5 Å². The van der Waals surface area contributed by atoms with Gasteiger partial charge in [0.25, 0.3) is 5.91 Å². The molecule has 1 fully saturated rings. The third kappa shape index (κ3) is 4.73. The molecule has 176 valence electrons. The molecule has 3 aromatic rings. The molecule has 2 atom stereocenters. The number of carbonyl (C=O) groups is 2. The zero-order valence-corrected chi connectivity index (χ0v) is 20.0. The number of benzene rings is 3. The SMILES string of the molecule is CCOC(=O)c1ccc(N2C(=O)[C@H](Oc3ccc(Cl)cc3C)[C@H]2c2ccc(OCC)cc2)cc1. The zero-order valence-electron chi connectivity index (χ0n) is 19.3. The maximum atomic E-state index is 13.3. The molecule has 0 aromatic heterocycles. The molecular weight excluding hydrogens is 454 g/mol. The Labute approximate surface area is 204 Å². The largest absolute Gasteiger partial charge is 0.494 e. The molecule has 0 saturated carbocycles. The van der Waals surface area contributed by atoms with E-state index in [1.165, 1.54) is 0 Å². The Morgan fingerprint density at radius 2 is 1.68 bits per heavy atom. The normalized spacial score (nSPS) is 17.2. The van der Waals surface area contributed by atoms with Crippen LogP contribution in [0.15, 0.2) is 66.7 Å². The molecule has 1 heterocycles. The van der Waals surface area contributed by atoms with E-state index in [2.05, 4.69) is 0 Å². The summed E-state index contributed by atoms with van der Waals surface area (Å²) in [7, 11) is 0. The first kappa shape index (κ1) is 23.6. The smallest absolute Gasteiger partial charge is 0.338 e. The summed E-state index contributed by atoms with van der Waals surface area (Å²) in [6, 6.07) is 19.4. The van der Waals surface area contributed by atoms with Crippen LogP contribution in [0.25, 0.3) is 0 Å². The second-order valence-corrected chi connectivity index (χ2v) is 8.31. The van der Waals surface area contributed by atoms with Crippen molar-refractivity contribution < 1.29 is 23.8 Å². The number of hydrogen-bond acceptors (Lipinski definition) is 5. The molecule has 3 aromatic carbocycles. The van der Waals surface area contributed by atoms with Crippen LogP contribution in [0, 0.1) is 6.92 Å². The van der Waals surface area contributed by atoms with Crippen molar-refractivity contribution in [2.24, 2.45) is 0 Å². The maximum absolute atomic E-state index is 13.3. The molecule has 34 heavy (non-hydrogen) atoms. The van der Waals surface area contributed by atoms with Crippen LogP contribution in [-0.4, -0.2) is 31.2 Å². The summed E-state index contributed by atoms with van der Waals surface area (Å²) < 4.78 is 16.8. The van der Waals surface area contributed by atoms with Gasteiger partial charge in [-0.05, 0) is 86.5 Å². The number of esters is 1. The minimum absolute atomic E-state index is 0.169. The van der Waals surface area contributed by atoms with Gasteiger partial charge in [-0.2, -0.15) is 0 Å². The van der Waals surface area contributed by atoms with Crippen LogP contribution in [0.3, 0.4) is 0 Å². The highest BCUT2D eigenvalue weighted by molar-refractivity contribution is 6.30. The summed E-state index contributed by atoms with van der Waals surface area (Å²) in [5.41, 5.74) is 2.86. The van der Waals surface area contributed by atoms with Crippen molar-refractivity contribution in [2.75, 3.05) is 18.1 Å². The van der Waals surface area contributed by atoms with E-state index in [0.717, 1.165) is 16.9 Å². The standard InChI is InChI=1S/C27H26ClNO5/c1-4-32-22-13-8-18(9-14-22)24-25(34-23-15-10-20(28)16-17(23)3)26(30)29(24)21-11-6-19(7-12-21)27(31)33-5-2/h6-16,24-25H,4-5H2,1-3H3/t24-,25-/m1/s1. The van der Waals surface area contributed by atoms with E-state index in [1.807, 2.05) is 38.1 Å². The molecule has 0 spiro atoms. The zero-order chi connectivity index (χ0) is 24.2. The number of aryl methyl sites for hydroxylation is 1. The lowest BCUT2D eigenvalue weighted by atomic mass is 9.89. The lowest BCUT2D eigenvalue weighted by Gasteiger charge is -2.46. The Bertz CT molecular complexity index is 1180. The molecule has 4 rings (SSSR count). The molecule has 0 radical (unpaired) electrons. The van der Waals surface area contributed by atoms with Gasteiger partial charge in [0.2, 0.25) is 6.10 Å². The minimum Gasteiger partial charge on any atom is -0.494 e. The third-order valence-corrected chi connectivity index (χ3v) is 5.86. The molecular formula is C27H26ClNO5. The molecule has 1 aliphatic rings. The van der Waals surface area contributed by atoms with E-state index >= 15 is 0 Å². The van der Waals surface area contributed by atoms with Gasteiger partial charge >= 0.3 is 5.97 Å². The fourth-order valence-corrected chi connectivity index (χ4v) is 4.20. The van der Waals surface area contributed by atoms with Crippen molar-refractivity contribution in [1.82, 2.24) is 0 Å². The summed E-state index contributed by atoms with van der Waals surface area (Å²) in [5, 5.41) is 0.608. The summed E-state index contributed by atoms with van der Waals surface area (Å²) >= 11 is 6.08. The van der Waals surface area contributed by atoms with Gasteiger partial charge in [-0.3, -0.25) is 9.69 Å². The number of carbonyl (C=O) groups excluding carboxylic acids is 2. The second-order valence-electron chi connectivity index (χ2n) is 7.87. The van der Waals surface area contributed by atoms with Crippen molar-refractivity contribution in [2.45, 2.75) is 32.9 Å². The van der Waals surface area contributed by atoms with Crippen LogP contribution in [0.5, 0.6) is 11.5 Å². The first-order chi connectivity index (χ1) is 16.4. The Morgan fingerprint density at radius 3 is 2.29 bits per heavy atom. The lowest BCUT2D eigenvalue weighted by Crippen LogP contribution is -2.61. The number of ether oxygens (including phenoxy) is 3. The second kappa shape index (κ2) is 10.2. The number of anilines is 1. The van der Waals surface area contributed by atoms with Crippen LogP contribution in [-0.2, 0) is 9.53 Å². The van der Waals surface area contributed by atoms with Crippen LogP contribution in [0.2, 0.25) is 5.02 Å². The quantitative estimate of drug-likeness (QED) is 0.303. The predicted octanol–water partition coefficient (Wildman–Crippen LogP) is 5.76. The number of rotatable bonds is 8. The average Bonchev–Trinajstić information content (AvgIpc) is 2.83. The Balaban J connectivity index is 1.65. The highest BCUT2D eigenvalue weighted by Gasteiger charge is 2.51. The summed E-state index contributed by atoms with van der Waals surface area (Å²) in [6.07, 6.45) is -0.706. The van der Waals surface area contributed by atoms with Crippen molar-refractivity contribution in [3.05, 3.63) is 88.4 Å². The Hall–Kier alpha value is -3.51. The van der Waals surface area contributed by atoms with Crippen LogP contribution in [0.4, 0.5) is 5.69 Å². The topological polar surface area (TPSA) is 65.1 Å². The number of halogens is 1. The minimum atomic E-state index is -0.706. The van der Waals surface area contributed by atoms with Gasteiger partial charge in [-0.1, -0.05) is 23.7 Å². The van der Waals surface area contributed by atoms with Crippen molar-refractivity contribution in [1.29, 1.82) is 0 Å². The molecule has 0 aliphatic carbocycles. The van der Waals surface area contributed by atoms with E-state index in [4.69, 9.17) is 25.8 Å². The van der Waals surface area contributed by atoms with Gasteiger partial charge in [-0.15, -0.1) is 0 Å². The Morgan fingerprint density at radius 1 is 0.971 bits per heavy atom. The van der Waals surface area contributed by atoms with E-state index in [0.29, 0.717) is 35.2 Å². The van der Waals surface area contributed by atoms with Gasteiger partial charge in [0.1, 0.15) is 17.5 Å². The van der Waals surface area contributed by atoms with Crippen molar-refractivity contribution >= 4 is 29.2 Å². The highest BCUT2D eigenvalue weighted by atomic mass is 35.5. The van der Waals surface area contributed by atoms with Crippen LogP contribution < -0.4 is 14.4 Å². The van der Waals surface area contributed by atoms with Gasteiger partial charge < -0.3 is 14.2 Å². The summed E-state index contributed by atoms with van der Waals surface area (Å²) in [5.74, 6) is 0.799. The Kier molecular flexibility index (Phi) is 7.08.